The average molecular weight is 236 g/mol. The van der Waals surface area contributed by atoms with E-state index in [9.17, 15) is 0 Å². The molecule has 0 aliphatic heterocycles. The van der Waals surface area contributed by atoms with Gasteiger partial charge < -0.3 is 10.2 Å². The van der Waals surface area contributed by atoms with Gasteiger partial charge in [0.15, 0.2) is 0 Å². The lowest BCUT2D eigenvalue weighted by Gasteiger charge is -2.27. The van der Waals surface area contributed by atoms with Crippen molar-refractivity contribution in [3.8, 4) is 0 Å². The first-order valence-corrected chi connectivity index (χ1v) is 6.28. The molecule has 0 spiro atoms. The van der Waals surface area contributed by atoms with Gasteiger partial charge in [0.1, 0.15) is 5.82 Å². The number of hydrogen-bond acceptors (Lipinski definition) is 4. The second kappa shape index (κ2) is 6.42. The summed E-state index contributed by atoms with van der Waals surface area (Å²) in [4.78, 5) is 11.0. The van der Waals surface area contributed by atoms with Gasteiger partial charge in [-0.05, 0) is 17.9 Å². The molecular weight excluding hydrogens is 212 g/mol. The largest absolute Gasteiger partial charge is 0.357 e. The quantitative estimate of drug-likeness (QED) is 0.824. The highest BCUT2D eigenvalue weighted by Gasteiger charge is 2.12. The second-order valence-corrected chi connectivity index (χ2v) is 5.18. The molecule has 0 saturated carbocycles. The fourth-order valence-electron chi connectivity index (χ4n) is 1.79. The molecule has 1 rings (SSSR count). The summed E-state index contributed by atoms with van der Waals surface area (Å²) in [6, 6.07) is 1.98. The first-order chi connectivity index (χ1) is 8.02. The van der Waals surface area contributed by atoms with Crippen molar-refractivity contribution < 1.29 is 0 Å². The third-order valence-electron chi connectivity index (χ3n) is 2.36. The molecule has 0 aliphatic rings. The number of nitrogens with zero attached hydrogens (tertiary/aromatic N) is 3. The number of nitrogens with one attached hydrogen (secondary N) is 1. The van der Waals surface area contributed by atoms with E-state index < -0.39 is 0 Å². The highest BCUT2D eigenvalue weighted by molar-refractivity contribution is 5.42. The van der Waals surface area contributed by atoms with Crippen LogP contribution in [0.3, 0.4) is 0 Å². The van der Waals surface area contributed by atoms with Crippen LogP contribution in [0.2, 0.25) is 0 Å². The molecule has 17 heavy (non-hydrogen) atoms. The molecule has 0 bridgehead atoms. The number of rotatable bonds is 6. The molecule has 4 heteroatoms. The van der Waals surface area contributed by atoms with E-state index in [1.807, 2.05) is 19.3 Å². The monoisotopic (exact) mass is 236 g/mol. The molecule has 1 aromatic heterocycles. The summed E-state index contributed by atoms with van der Waals surface area (Å²) in [7, 11) is 1.84. The molecule has 0 fully saturated rings. The molecule has 0 aliphatic carbocycles. The van der Waals surface area contributed by atoms with Crippen LogP contribution < -0.4 is 10.2 Å². The Morgan fingerprint density at radius 3 is 2.24 bits per heavy atom. The van der Waals surface area contributed by atoms with E-state index in [0.29, 0.717) is 17.8 Å². The topological polar surface area (TPSA) is 41.1 Å². The van der Waals surface area contributed by atoms with Crippen molar-refractivity contribution in [2.24, 2.45) is 11.8 Å². The van der Waals surface area contributed by atoms with E-state index in [2.05, 4.69) is 47.9 Å². The summed E-state index contributed by atoms with van der Waals surface area (Å²) in [5.74, 6) is 2.94. The van der Waals surface area contributed by atoms with Crippen molar-refractivity contribution >= 4 is 11.8 Å². The highest BCUT2D eigenvalue weighted by atomic mass is 15.2. The first-order valence-electron chi connectivity index (χ1n) is 6.28. The van der Waals surface area contributed by atoms with Crippen LogP contribution in [-0.4, -0.2) is 30.1 Å². The van der Waals surface area contributed by atoms with Crippen LogP contribution in [0.15, 0.2) is 12.3 Å². The summed E-state index contributed by atoms with van der Waals surface area (Å²) in [6.07, 6.45) is 1.81. The summed E-state index contributed by atoms with van der Waals surface area (Å²) in [5.41, 5.74) is 0. The van der Waals surface area contributed by atoms with E-state index in [1.54, 1.807) is 0 Å². The van der Waals surface area contributed by atoms with Crippen LogP contribution in [0, 0.1) is 11.8 Å². The van der Waals surface area contributed by atoms with Crippen molar-refractivity contribution in [1.29, 1.82) is 0 Å². The van der Waals surface area contributed by atoms with Gasteiger partial charge in [-0.2, -0.15) is 4.98 Å². The smallest absolute Gasteiger partial charge is 0.224 e. The summed E-state index contributed by atoms with van der Waals surface area (Å²) in [5, 5.41) is 2.98. The zero-order valence-corrected chi connectivity index (χ0v) is 11.6. The lowest BCUT2D eigenvalue weighted by molar-refractivity contribution is 0.548. The van der Waals surface area contributed by atoms with Gasteiger partial charge in [-0.25, -0.2) is 4.98 Å². The normalized spacial score (nSPS) is 11.0. The molecule has 0 atom stereocenters. The Balaban J connectivity index is 2.86. The third-order valence-corrected chi connectivity index (χ3v) is 2.36. The Labute approximate surface area is 104 Å². The lowest BCUT2D eigenvalue weighted by atomic mass is 10.1. The number of anilines is 2. The van der Waals surface area contributed by atoms with Crippen molar-refractivity contribution in [1.82, 2.24) is 9.97 Å². The minimum Gasteiger partial charge on any atom is -0.357 e. The van der Waals surface area contributed by atoms with Gasteiger partial charge in [-0.1, -0.05) is 27.7 Å². The summed E-state index contributed by atoms with van der Waals surface area (Å²) >= 11 is 0. The van der Waals surface area contributed by atoms with Crippen LogP contribution in [0.25, 0.3) is 0 Å². The van der Waals surface area contributed by atoms with Crippen LogP contribution >= 0.6 is 0 Å². The van der Waals surface area contributed by atoms with E-state index in [0.717, 1.165) is 18.9 Å². The lowest BCUT2D eigenvalue weighted by Crippen LogP contribution is -2.32. The van der Waals surface area contributed by atoms with Gasteiger partial charge in [0, 0.05) is 26.3 Å². The van der Waals surface area contributed by atoms with Crippen molar-refractivity contribution in [3.05, 3.63) is 12.3 Å². The van der Waals surface area contributed by atoms with Gasteiger partial charge in [0.25, 0.3) is 0 Å². The predicted octanol–water partition coefficient (Wildman–Crippen LogP) is 2.64. The van der Waals surface area contributed by atoms with Crippen molar-refractivity contribution in [3.63, 3.8) is 0 Å². The zero-order chi connectivity index (χ0) is 12.8. The molecule has 96 valence electrons. The fraction of sp³-hybridized carbons (Fsp3) is 0.692. The fourth-order valence-corrected chi connectivity index (χ4v) is 1.79. The van der Waals surface area contributed by atoms with Crippen LogP contribution in [-0.2, 0) is 0 Å². The molecule has 0 aromatic carbocycles. The van der Waals surface area contributed by atoms with Crippen LogP contribution in [0.4, 0.5) is 11.8 Å². The molecule has 1 aromatic rings. The molecule has 0 unspecified atom stereocenters. The van der Waals surface area contributed by atoms with E-state index in [-0.39, 0.29) is 0 Å². The third kappa shape index (κ3) is 4.59. The molecule has 1 heterocycles. The molecule has 1 N–H and O–H groups in total. The Morgan fingerprint density at radius 1 is 1.18 bits per heavy atom. The minimum atomic E-state index is 0.627. The first kappa shape index (κ1) is 13.7. The van der Waals surface area contributed by atoms with E-state index >= 15 is 0 Å². The van der Waals surface area contributed by atoms with Gasteiger partial charge >= 0.3 is 0 Å². The maximum Gasteiger partial charge on any atom is 0.224 e. The maximum atomic E-state index is 4.50. The molecular formula is C13H24N4. The Morgan fingerprint density at radius 2 is 1.76 bits per heavy atom. The van der Waals surface area contributed by atoms with Crippen LogP contribution in [0.5, 0.6) is 0 Å². The van der Waals surface area contributed by atoms with Crippen molar-refractivity contribution in [2.45, 2.75) is 27.7 Å². The Kier molecular flexibility index (Phi) is 5.19. The zero-order valence-electron chi connectivity index (χ0n) is 11.6. The number of aromatic nitrogens is 2. The predicted molar refractivity (Wildman–Crippen MR) is 73.5 cm³/mol. The van der Waals surface area contributed by atoms with Gasteiger partial charge in [0.2, 0.25) is 5.95 Å². The molecule has 0 saturated heterocycles. The highest BCUT2D eigenvalue weighted by Crippen LogP contribution is 2.15. The SMILES string of the molecule is CNc1nccc(N(CC(C)C)CC(C)C)n1. The van der Waals surface area contributed by atoms with Gasteiger partial charge in [-0.15, -0.1) is 0 Å². The van der Waals surface area contributed by atoms with Crippen molar-refractivity contribution in [2.75, 3.05) is 30.4 Å². The van der Waals surface area contributed by atoms with Gasteiger partial charge in [0.05, 0.1) is 0 Å². The second-order valence-electron chi connectivity index (χ2n) is 5.18. The minimum absolute atomic E-state index is 0.627. The van der Waals surface area contributed by atoms with E-state index in [1.165, 1.54) is 0 Å². The van der Waals surface area contributed by atoms with E-state index in [4.69, 9.17) is 0 Å². The van der Waals surface area contributed by atoms with Crippen LogP contribution in [0.1, 0.15) is 27.7 Å². The Hall–Kier alpha value is -1.32. The summed E-state index contributed by atoms with van der Waals surface area (Å²) < 4.78 is 0. The maximum absolute atomic E-state index is 4.50. The van der Waals surface area contributed by atoms with Gasteiger partial charge in [-0.3, -0.25) is 0 Å². The Bertz CT molecular complexity index is 326. The molecule has 4 nitrogen and oxygen atoms in total. The summed E-state index contributed by atoms with van der Waals surface area (Å²) in [6.45, 7) is 11.0. The molecule has 0 amide bonds. The number of hydrogen-bond donors (Lipinski definition) is 1. The standard InChI is InChI=1S/C13H24N4/c1-10(2)8-17(9-11(3)4)12-6-7-15-13(14-5)16-12/h6-7,10-11H,8-9H2,1-5H3,(H,14,15,16). The average Bonchev–Trinajstić information content (AvgIpc) is 2.27. The molecule has 0 radical (unpaired) electrons.